The van der Waals surface area contributed by atoms with Crippen molar-refractivity contribution in [2.45, 2.75) is 24.7 Å². The second-order valence-electron chi connectivity index (χ2n) is 5.68. The Morgan fingerprint density at radius 2 is 1.87 bits per heavy atom. The van der Waals surface area contributed by atoms with Gasteiger partial charge in [-0.25, -0.2) is 0 Å². The summed E-state index contributed by atoms with van der Waals surface area (Å²) in [6.07, 6.45) is 2.41. The fourth-order valence-electron chi connectivity index (χ4n) is 2.92. The van der Waals surface area contributed by atoms with E-state index in [-0.39, 0.29) is 11.6 Å². The fourth-order valence-corrected chi connectivity index (χ4v) is 2.92. The van der Waals surface area contributed by atoms with Crippen molar-refractivity contribution in [3.8, 4) is 0 Å². The Bertz CT molecular complexity index is 758. The van der Waals surface area contributed by atoms with E-state index in [9.17, 15) is 19.3 Å². The second kappa shape index (κ2) is 5.79. The molecule has 2 aromatic rings. The fraction of sp³-hybridized carbons (Fsp3) is 0.235. The van der Waals surface area contributed by atoms with Crippen LogP contribution in [0.1, 0.15) is 24.8 Å². The van der Waals surface area contributed by atoms with Crippen molar-refractivity contribution in [1.82, 2.24) is 0 Å². The lowest BCUT2D eigenvalue weighted by atomic mass is 9.64. The Kier molecular flexibility index (Phi) is 3.82. The predicted molar refractivity (Wildman–Crippen MR) is 83.7 cm³/mol. The number of benzene rings is 2. The number of hydrogen-bond acceptors (Lipinski definition) is 3. The van der Waals surface area contributed by atoms with Crippen LogP contribution in [0.15, 0.2) is 48.5 Å². The third-order valence-corrected chi connectivity index (χ3v) is 4.37. The normalized spacial score (nSPS) is 15.5. The lowest BCUT2D eigenvalue weighted by Crippen LogP contribution is -2.45. The van der Waals surface area contributed by atoms with Gasteiger partial charge in [-0.2, -0.15) is 4.39 Å². The molecule has 0 atom stereocenters. The molecule has 0 heterocycles. The number of anilines is 1. The first-order valence-corrected chi connectivity index (χ1v) is 7.34. The van der Waals surface area contributed by atoms with Crippen molar-refractivity contribution < 1.29 is 14.1 Å². The maximum atomic E-state index is 13.4. The number of carbonyl (C=O) groups is 1. The molecule has 0 aromatic heterocycles. The first-order valence-electron chi connectivity index (χ1n) is 7.34. The molecule has 0 unspecified atom stereocenters. The van der Waals surface area contributed by atoms with Crippen LogP contribution in [0.4, 0.5) is 15.8 Å². The molecule has 0 aliphatic heterocycles. The number of nitrogens with zero attached hydrogens (tertiary/aromatic N) is 1. The average molecular weight is 314 g/mol. The van der Waals surface area contributed by atoms with E-state index in [2.05, 4.69) is 5.32 Å². The lowest BCUT2D eigenvalue weighted by molar-refractivity contribution is -0.387. The molecule has 0 radical (unpaired) electrons. The van der Waals surface area contributed by atoms with Gasteiger partial charge < -0.3 is 5.32 Å². The number of halogens is 1. The molecule has 0 bridgehead atoms. The van der Waals surface area contributed by atoms with Gasteiger partial charge >= 0.3 is 5.69 Å². The first kappa shape index (κ1) is 15.1. The molecular formula is C17H15FN2O3. The molecule has 2 aromatic carbocycles. The van der Waals surface area contributed by atoms with Crippen LogP contribution in [0.5, 0.6) is 0 Å². The monoisotopic (exact) mass is 314 g/mol. The summed E-state index contributed by atoms with van der Waals surface area (Å²) < 4.78 is 13.4. The van der Waals surface area contributed by atoms with E-state index in [1.807, 2.05) is 30.3 Å². The molecule has 5 nitrogen and oxygen atoms in total. The second-order valence-corrected chi connectivity index (χ2v) is 5.68. The smallest absolute Gasteiger partial charge is 0.306 e. The maximum Gasteiger partial charge on any atom is 0.306 e. The third-order valence-electron chi connectivity index (χ3n) is 4.37. The quantitative estimate of drug-likeness (QED) is 0.689. The molecule has 1 saturated carbocycles. The molecule has 0 spiro atoms. The van der Waals surface area contributed by atoms with Gasteiger partial charge in [-0.05, 0) is 30.5 Å². The number of carbonyl (C=O) groups excluding carboxylic acids is 1. The SMILES string of the molecule is O=C(Nc1ccc(F)c([N+](=O)[O-])c1)C1(c2ccccc2)CCC1. The van der Waals surface area contributed by atoms with E-state index in [0.717, 1.165) is 37.0 Å². The van der Waals surface area contributed by atoms with Gasteiger partial charge in [0, 0.05) is 11.8 Å². The number of nitro benzene ring substituents is 1. The summed E-state index contributed by atoms with van der Waals surface area (Å²) in [5.74, 6) is -1.13. The highest BCUT2D eigenvalue weighted by Crippen LogP contribution is 2.44. The van der Waals surface area contributed by atoms with Crippen LogP contribution in [0.25, 0.3) is 0 Å². The summed E-state index contributed by atoms with van der Waals surface area (Å²) in [6, 6.07) is 12.8. The summed E-state index contributed by atoms with van der Waals surface area (Å²) in [4.78, 5) is 22.7. The molecule has 23 heavy (non-hydrogen) atoms. The molecule has 118 valence electrons. The van der Waals surface area contributed by atoms with Crippen LogP contribution in [-0.2, 0) is 10.2 Å². The summed E-state index contributed by atoms with van der Waals surface area (Å²) >= 11 is 0. The van der Waals surface area contributed by atoms with Crippen LogP contribution < -0.4 is 5.32 Å². The van der Waals surface area contributed by atoms with E-state index in [0.29, 0.717) is 0 Å². The van der Waals surface area contributed by atoms with E-state index in [1.54, 1.807) is 0 Å². The van der Waals surface area contributed by atoms with Gasteiger partial charge in [0.05, 0.1) is 10.3 Å². The molecule has 3 rings (SSSR count). The number of hydrogen-bond donors (Lipinski definition) is 1. The predicted octanol–water partition coefficient (Wildman–Crippen LogP) is 3.79. The number of nitrogens with one attached hydrogen (secondary N) is 1. The van der Waals surface area contributed by atoms with Gasteiger partial charge in [-0.3, -0.25) is 14.9 Å². The standard InChI is InChI=1S/C17H15FN2O3/c18-14-8-7-13(11-15(14)20(22)23)19-16(21)17(9-4-10-17)12-5-2-1-3-6-12/h1-3,5-8,11H,4,9-10H2,(H,19,21). The Labute approximate surface area is 132 Å². The maximum absolute atomic E-state index is 13.4. The van der Waals surface area contributed by atoms with Gasteiger partial charge in [0.1, 0.15) is 0 Å². The van der Waals surface area contributed by atoms with Crippen molar-refractivity contribution in [2.24, 2.45) is 0 Å². The van der Waals surface area contributed by atoms with Crippen LogP contribution >= 0.6 is 0 Å². The highest BCUT2D eigenvalue weighted by Gasteiger charge is 2.45. The highest BCUT2D eigenvalue weighted by molar-refractivity contribution is 6.00. The van der Waals surface area contributed by atoms with Crippen molar-refractivity contribution in [3.63, 3.8) is 0 Å². The van der Waals surface area contributed by atoms with Crippen LogP contribution in [-0.4, -0.2) is 10.8 Å². The highest BCUT2D eigenvalue weighted by atomic mass is 19.1. The summed E-state index contributed by atoms with van der Waals surface area (Å²) in [7, 11) is 0. The molecule has 1 fully saturated rings. The van der Waals surface area contributed by atoms with Crippen LogP contribution in [0.2, 0.25) is 0 Å². The average Bonchev–Trinajstić information content (AvgIpc) is 2.49. The number of rotatable bonds is 4. The van der Waals surface area contributed by atoms with Gasteiger partial charge in [0.2, 0.25) is 11.7 Å². The molecule has 6 heteroatoms. The molecule has 1 amide bonds. The van der Waals surface area contributed by atoms with E-state index in [4.69, 9.17) is 0 Å². The number of amides is 1. The zero-order valence-electron chi connectivity index (χ0n) is 12.3. The summed E-state index contributed by atoms with van der Waals surface area (Å²) in [5.41, 5.74) is -0.0967. The minimum absolute atomic E-state index is 0.212. The minimum Gasteiger partial charge on any atom is -0.325 e. The van der Waals surface area contributed by atoms with Crippen molar-refractivity contribution in [2.75, 3.05) is 5.32 Å². The molecule has 1 N–H and O–H groups in total. The zero-order valence-corrected chi connectivity index (χ0v) is 12.3. The Morgan fingerprint density at radius 3 is 2.43 bits per heavy atom. The number of nitro groups is 1. The topological polar surface area (TPSA) is 72.2 Å². The van der Waals surface area contributed by atoms with Crippen molar-refractivity contribution in [3.05, 3.63) is 70.0 Å². The Morgan fingerprint density at radius 1 is 1.17 bits per heavy atom. The summed E-state index contributed by atoms with van der Waals surface area (Å²) in [5, 5.41) is 13.5. The Balaban J connectivity index is 1.87. The molecule has 0 saturated heterocycles. The van der Waals surface area contributed by atoms with Crippen molar-refractivity contribution >= 4 is 17.3 Å². The van der Waals surface area contributed by atoms with Gasteiger partial charge in [0.15, 0.2) is 0 Å². The third kappa shape index (κ3) is 2.67. The lowest BCUT2D eigenvalue weighted by Gasteiger charge is -2.40. The van der Waals surface area contributed by atoms with Crippen molar-refractivity contribution in [1.29, 1.82) is 0 Å². The Hall–Kier alpha value is -2.76. The largest absolute Gasteiger partial charge is 0.325 e. The van der Waals surface area contributed by atoms with Gasteiger partial charge in [-0.15, -0.1) is 0 Å². The molecule has 1 aliphatic rings. The first-order chi connectivity index (χ1) is 11.0. The zero-order chi connectivity index (χ0) is 16.4. The van der Waals surface area contributed by atoms with E-state index in [1.165, 1.54) is 6.07 Å². The van der Waals surface area contributed by atoms with Crippen LogP contribution in [0.3, 0.4) is 0 Å². The van der Waals surface area contributed by atoms with Gasteiger partial charge in [0.25, 0.3) is 0 Å². The molecular weight excluding hydrogens is 299 g/mol. The van der Waals surface area contributed by atoms with Gasteiger partial charge in [-0.1, -0.05) is 36.8 Å². The van der Waals surface area contributed by atoms with Crippen LogP contribution in [0, 0.1) is 15.9 Å². The minimum atomic E-state index is -0.922. The van der Waals surface area contributed by atoms with E-state index >= 15 is 0 Å². The summed E-state index contributed by atoms with van der Waals surface area (Å²) in [6.45, 7) is 0. The van der Waals surface area contributed by atoms with E-state index < -0.39 is 21.8 Å². The molecule has 1 aliphatic carbocycles.